The summed E-state index contributed by atoms with van der Waals surface area (Å²) in [7, 11) is 4.30. The summed E-state index contributed by atoms with van der Waals surface area (Å²) in [5, 5.41) is 13.2. The summed E-state index contributed by atoms with van der Waals surface area (Å²) in [4.78, 5) is 58.6. The fourth-order valence-electron chi connectivity index (χ4n) is 5.17. The number of carbonyl (C=O) groups excluding carboxylic acids is 3. The second kappa shape index (κ2) is 9.56. The van der Waals surface area contributed by atoms with E-state index in [-0.39, 0.29) is 31.8 Å². The third-order valence-electron chi connectivity index (χ3n) is 7.59. The number of hydrogen-bond acceptors (Lipinski definition) is 6. The SMILES string of the molecule is CN(C)C(=O)C(=O)N(C)C12CCC(CF)(CC1)Cn1c2nc(C(=O)NCc2ccc(F)cc2)c(O)c1=O. The summed E-state index contributed by atoms with van der Waals surface area (Å²) >= 11 is 0. The Morgan fingerprint density at radius 1 is 1.08 bits per heavy atom. The van der Waals surface area contributed by atoms with Gasteiger partial charge in [-0.25, -0.2) is 9.37 Å². The Hall–Kier alpha value is -3.83. The van der Waals surface area contributed by atoms with Gasteiger partial charge >= 0.3 is 11.8 Å². The first-order valence-electron chi connectivity index (χ1n) is 11.9. The van der Waals surface area contributed by atoms with Gasteiger partial charge in [0, 0.05) is 39.6 Å². The predicted octanol–water partition coefficient (Wildman–Crippen LogP) is 1.30. The lowest BCUT2D eigenvalue weighted by Gasteiger charge is -2.45. The van der Waals surface area contributed by atoms with E-state index in [9.17, 15) is 33.1 Å². The predicted molar refractivity (Wildman–Crippen MR) is 128 cm³/mol. The van der Waals surface area contributed by atoms with Gasteiger partial charge in [-0.05, 0) is 43.4 Å². The van der Waals surface area contributed by atoms with E-state index in [4.69, 9.17) is 0 Å². The van der Waals surface area contributed by atoms with E-state index >= 15 is 0 Å². The summed E-state index contributed by atoms with van der Waals surface area (Å²) < 4.78 is 28.6. The lowest BCUT2D eigenvalue weighted by molar-refractivity contribution is -0.155. The number of amides is 3. The molecule has 1 aliphatic carbocycles. The van der Waals surface area contributed by atoms with Crippen LogP contribution in [0.1, 0.15) is 47.6 Å². The number of hydrogen-bond donors (Lipinski definition) is 2. The van der Waals surface area contributed by atoms with Crippen LogP contribution in [-0.4, -0.2) is 70.0 Å². The number of halogens is 2. The van der Waals surface area contributed by atoms with Crippen LogP contribution in [0.3, 0.4) is 0 Å². The van der Waals surface area contributed by atoms with Crippen molar-refractivity contribution in [3.8, 4) is 5.75 Å². The van der Waals surface area contributed by atoms with Gasteiger partial charge in [0.15, 0.2) is 5.69 Å². The largest absolute Gasteiger partial charge is 0.501 e. The maximum atomic E-state index is 14.3. The molecule has 10 nitrogen and oxygen atoms in total. The quantitative estimate of drug-likeness (QED) is 0.577. The standard InChI is InChI=1S/C25H29F2N5O5/c1-30(2)21(36)22(37)31(3)25-10-8-24(13-26,9-11-25)14-32-20(35)18(33)17(29-23(25)32)19(34)28-12-15-4-6-16(27)7-5-15/h4-7,33H,8-14H2,1-3H3,(H,28,34). The molecule has 3 amide bonds. The normalized spacial score (nSPS) is 22.1. The van der Waals surface area contributed by atoms with Gasteiger partial charge in [0.25, 0.3) is 11.5 Å². The summed E-state index contributed by atoms with van der Waals surface area (Å²) in [5.74, 6) is -3.79. The maximum Gasteiger partial charge on any atom is 0.312 e. The highest BCUT2D eigenvalue weighted by Crippen LogP contribution is 2.52. The molecule has 1 aromatic carbocycles. The Morgan fingerprint density at radius 2 is 1.70 bits per heavy atom. The Labute approximate surface area is 211 Å². The van der Waals surface area contributed by atoms with Crippen molar-refractivity contribution in [2.24, 2.45) is 5.41 Å². The molecule has 1 saturated carbocycles. The monoisotopic (exact) mass is 517 g/mol. The first-order valence-corrected chi connectivity index (χ1v) is 11.9. The molecule has 37 heavy (non-hydrogen) atoms. The van der Waals surface area contributed by atoms with Crippen LogP contribution in [0.15, 0.2) is 29.1 Å². The van der Waals surface area contributed by atoms with Crippen LogP contribution >= 0.6 is 0 Å². The van der Waals surface area contributed by atoms with Gasteiger partial charge in [-0.15, -0.1) is 0 Å². The number of nitrogens with zero attached hydrogens (tertiary/aromatic N) is 4. The fourth-order valence-corrected chi connectivity index (χ4v) is 5.17. The van der Waals surface area contributed by atoms with Crippen LogP contribution < -0.4 is 10.9 Å². The van der Waals surface area contributed by atoms with E-state index in [0.29, 0.717) is 18.4 Å². The van der Waals surface area contributed by atoms with Crippen molar-refractivity contribution in [2.45, 2.75) is 44.3 Å². The number of aromatic hydroxyl groups is 1. The topological polar surface area (TPSA) is 125 Å². The van der Waals surface area contributed by atoms with E-state index in [1.54, 1.807) is 0 Å². The minimum Gasteiger partial charge on any atom is -0.501 e. The van der Waals surface area contributed by atoms with Gasteiger partial charge in [0.2, 0.25) is 5.75 Å². The van der Waals surface area contributed by atoms with Crippen LogP contribution in [-0.2, 0) is 28.2 Å². The van der Waals surface area contributed by atoms with Gasteiger partial charge in [-0.2, -0.15) is 0 Å². The zero-order valence-corrected chi connectivity index (χ0v) is 20.9. The summed E-state index contributed by atoms with van der Waals surface area (Å²) in [5.41, 5.74) is -3.06. The Bertz CT molecular complexity index is 1300. The molecule has 1 fully saturated rings. The van der Waals surface area contributed by atoms with Crippen molar-refractivity contribution in [3.05, 3.63) is 57.5 Å². The molecule has 2 aromatic rings. The van der Waals surface area contributed by atoms with E-state index < -0.39 is 58.2 Å². The van der Waals surface area contributed by atoms with Gasteiger partial charge in [-0.1, -0.05) is 12.1 Å². The molecule has 2 aliphatic heterocycles. The molecule has 2 bridgehead atoms. The molecule has 12 heteroatoms. The Balaban J connectivity index is 1.79. The molecule has 3 aliphatic rings. The zero-order valence-electron chi connectivity index (χ0n) is 20.9. The summed E-state index contributed by atoms with van der Waals surface area (Å²) in [6.07, 6.45) is 1.06. The number of nitrogens with one attached hydrogen (secondary N) is 1. The molecule has 1 aromatic heterocycles. The van der Waals surface area contributed by atoms with Gasteiger partial charge in [0.1, 0.15) is 17.2 Å². The van der Waals surface area contributed by atoms with E-state index in [1.165, 1.54) is 50.3 Å². The lowest BCUT2D eigenvalue weighted by Crippen LogP contribution is -2.54. The minimum atomic E-state index is -1.27. The second-order valence-electron chi connectivity index (χ2n) is 10.1. The highest BCUT2D eigenvalue weighted by molar-refractivity contribution is 6.34. The van der Waals surface area contributed by atoms with Crippen LogP contribution in [0.2, 0.25) is 0 Å². The smallest absolute Gasteiger partial charge is 0.312 e. The van der Waals surface area contributed by atoms with Gasteiger partial charge in [0.05, 0.1) is 6.67 Å². The van der Waals surface area contributed by atoms with Gasteiger partial charge < -0.3 is 20.2 Å². The van der Waals surface area contributed by atoms with Crippen LogP contribution in [0.25, 0.3) is 0 Å². The molecular weight excluding hydrogens is 488 g/mol. The number of alkyl halides is 1. The van der Waals surface area contributed by atoms with Crippen LogP contribution in [0.4, 0.5) is 8.78 Å². The molecule has 0 radical (unpaired) electrons. The summed E-state index contributed by atoms with van der Waals surface area (Å²) in [6, 6.07) is 5.41. The third kappa shape index (κ3) is 4.44. The minimum absolute atomic E-state index is 0.0233. The number of aromatic nitrogens is 2. The molecule has 0 spiro atoms. The zero-order chi connectivity index (χ0) is 27.1. The van der Waals surface area contributed by atoms with Crippen molar-refractivity contribution >= 4 is 17.7 Å². The number of benzene rings is 1. The highest BCUT2D eigenvalue weighted by atomic mass is 19.1. The van der Waals surface area contributed by atoms with Gasteiger partial charge in [-0.3, -0.25) is 28.1 Å². The van der Waals surface area contributed by atoms with Crippen molar-refractivity contribution in [2.75, 3.05) is 27.8 Å². The van der Waals surface area contributed by atoms with Crippen LogP contribution in [0.5, 0.6) is 5.75 Å². The van der Waals surface area contributed by atoms with Crippen molar-refractivity contribution in [3.63, 3.8) is 0 Å². The third-order valence-corrected chi connectivity index (χ3v) is 7.59. The average molecular weight is 518 g/mol. The van der Waals surface area contributed by atoms with Crippen LogP contribution in [0, 0.1) is 11.2 Å². The molecule has 3 heterocycles. The number of carbonyl (C=O) groups is 3. The number of likely N-dealkylation sites (N-methyl/N-ethyl adjacent to an activating group) is 2. The fraction of sp³-hybridized carbons (Fsp3) is 0.480. The van der Waals surface area contributed by atoms with E-state index in [2.05, 4.69) is 10.3 Å². The molecule has 198 valence electrons. The molecule has 2 N–H and O–H groups in total. The van der Waals surface area contributed by atoms with Crippen molar-refractivity contribution < 1.29 is 28.3 Å². The maximum absolute atomic E-state index is 14.3. The summed E-state index contributed by atoms with van der Waals surface area (Å²) in [6.45, 7) is -0.824. The Kier molecular flexibility index (Phi) is 6.78. The molecule has 5 rings (SSSR count). The molecule has 0 saturated heterocycles. The molecule has 0 atom stereocenters. The average Bonchev–Trinajstić information content (AvgIpc) is 3.13. The lowest BCUT2D eigenvalue weighted by atomic mass is 9.68. The van der Waals surface area contributed by atoms with Crippen molar-refractivity contribution in [1.29, 1.82) is 0 Å². The molecular formula is C25H29F2N5O5. The first-order chi connectivity index (χ1) is 17.4. The first kappa shape index (κ1) is 26.2. The van der Waals surface area contributed by atoms with Crippen molar-refractivity contribution in [1.82, 2.24) is 24.7 Å². The second-order valence-corrected chi connectivity index (χ2v) is 10.1. The highest BCUT2D eigenvalue weighted by Gasteiger charge is 2.54. The Morgan fingerprint density at radius 3 is 2.27 bits per heavy atom. The number of rotatable bonds is 5. The number of fused-ring (bicyclic) bond motifs is 2. The van der Waals surface area contributed by atoms with E-state index in [1.807, 2.05) is 0 Å². The van der Waals surface area contributed by atoms with E-state index in [0.717, 1.165) is 9.47 Å². The molecule has 0 unspecified atom stereocenters.